The second-order valence-corrected chi connectivity index (χ2v) is 2.48. The molecule has 0 radical (unpaired) electrons. The molecule has 12 heavy (non-hydrogen) atoms. The van der Waals surface area contributed by atoms with Crippen molar-refractivity contribution < 1.29 is 29.6 Å². The van der Waals surface area contributed by atoms with E-state index < -0.39 is 30.4 Å². The van der Waals surface area contributed by atoms with Gasteiger partial charge in [0.1, 0.15) is 18.3 Å². The van der Waals surface area contributed by atoms with Crippen LogP contribution < -0.4 is 0 Å². The zero-order valence-electron chi connectivity index (χ0n) is 5.95. The largest absolute Gasteiger partial charge is 0.479 e. The third-order valence-electron chi connectivity index (χ3n) is 1.68. The van der Waals surface area contributed by atoms with Gasteiger partial charge in [0.25, 0.3) is 0 Å². The quantitative estimate of drug-likeness (QED) is 0.411. The van der Waals surface area contributed by atoms with Crippen molar-refractivity contribution in [2.45, 2.75) is 24.4 Å². The molecule has 0 spiro atoms. The molecule has 1 rings (SSSR count). The highest BCUT2D eigenvalue weighted by molar-refractivity contribution is 5.75. The van der Waals surface area contributed by atoms with Crippen LogP contribution in [0.3, 0.4) is 0 Å². The maximum Gasteiger partial charge on any atom is 0.335 e. The molecule has 1 saturated heterocycles. The lowest BCUT2D eigenvalue weighted by Gasteiger charge is -2.08. The summed E-state index contributed by atoms with van der Waals surface area (Å²) in [6.45, 7) is 0. The Bertz CT molecular complexity index is 202. The highest BCUT2D eigenvalue weighted by Gasteiger charge is 2.46. The minimum absolute atomic E-state index is 0.261. The summed E-state index contributed by atoms with van der Waals surface area (Å²) in [6.07, 6.45) is -5.51. The van der Waals surface area contributed by atoms with Gasteiger partial charge in [-0.1, -0.05) is 0 Å². The summed E-state index contributed by atoms with van der Waals surface area (Å²) in [5, 5.41) is 26.4. The van der Waals surface area contributed by atoms with E-state index in [1.54, 1.807) is 0 Å². The zero-order valence-corrected chi connectivity index (χ0v) is 5.95. The van der Waals surface area contributed by atoms with Gasteiger partial charge >= 0.3 is 5.97 Å². The number of carboxylic acid groups (broad SMARTS) is 1. The molecule has 0 bridgehead atoms. The highest BCUT2D eigenvalue weighted by atomic mass is 16.6. The summed E-state index contributed by atoms with van der Waals surface area (Å²) >= 11 is 0. The summed E-state index contributed by atoms with van der Waals surface area (Å²) in [5.74, 6) is -1.40. The molecule has 1 heterocycles. The molecule has 1 aliphatic rings. The Morgan fingerprint density at radius 2 is 1.92 bits per heavy atom. The number of carbonyl (C=O) groups is 2. The van der Waals surface area contributed by atoms with Crippen LogP contribution in [-0.4, -0.2) is 52.0 Å². The van der Waals surface area contributed by atoms with Crippen molar-refractivity contribution in [2.75, 3.05) is 0 Å². The molecule has 0 aromatic carbocycles. The molecule has 6 nitrogen and oxygen atoms in total. The first-order valence-electron chi connectivity index (χ1n) is 3.27. The molecule has 0 aliphatic carbocycles. The molecule has 3 N–H and O–H groups in total. The van der Waals surface area contributed by atoms with Crippen LogP contribution in [-0.2, 0) is 14.3 Å². The summed E-state index contributed by atoms with van der Waals surface area (Å²) in [6, 6.07) is 0. The van der Waals surface area contributed by atoms with E-state index in [-0.39, 0.29) is 6.29 Å². The molecule has 0 amide bonds. The first-order valence-corrected chi connectivity index (χ1v) is 3.27. The number of aliphatic hydroxyl groups is 2. The first-order chi connectivity index (χ1) is 5.57. The Hall–Kier alpha value is -0.980. The first kappa shape index (κ1) is 9.11. The number of aldehydes is 1. The number of carboxylic acids is 1. The monoisotopic (exact) mass is 176 g/mol. The van der Waals surface area contributed by atoms with Crippen molar-refractivity contribution in [2.24, 2.45) is 0 Å². The van der Waals surface area contributed by atoms with Crippen molar-refractivity contribution in [3.05, 3.63) is 0 Å². The predicted molar refractivity (Wildman–Crippen MR) is 34.4 cm³/mol. The van der Waals surface area contributed by atoms with Gasteiger partial charge < -0.3 is 24.9 Å². The topological polar surface area (TPSA) is 104 Å². The summed E-state index contributed by atoms with van der Waals surface area (Å²) in [5.41, 5.74) is 0. The maximum absolute atomic E-state index is 10.3. The van der Waals surface area contributed by atoms with Gasteiger partial charge in [-0.2, -0.15) is 0 Å². The van der Waals surface area contributed by atoms with Crippen LogP contribution in [0.1, 0.15) is 0 Å². The molecule has 0 aromatic heterocycles. The zero-order chi connectivity index (χ0) is 9.30. The maximum atomic E-state index is 10.3. The summed E-state index contributed by atoms with van der Waals surface area (Å²) in [4.78, 5) is 20.4. The number of aliphatic hydroxyl groups excluding tert-OH is 2. The number of ether oxygens (including phenoxy) is 1. The van der Waals surface area contributed by atoms with Crippen LogP contribution in [0.15, 0.2) is 0 Å². The van der Waals surface area contributed by atoms with Crippen molar-refractivity contribution in [3.63, 3.8) is 0 Å². The van der Waals surface area contributed by atoms with E-state index in [1.807, 2.05) is 0 Å². The van der Waals surface area contributed by atoms with Crippen LogP contribution in [0.2, 0.25) is 0 Å². The molecule has 68 valence electrons. The van der Waals surface area contributed by atoms with E-state index in [2.05, 4.69) is 4.74 Å². The average Bonchev–Trinajstić information content (AvgIpc) is 2.30. The van der Waals surface area contributed by atoms with Crippen LogP contribution >= 0.6 is 0 Å². The lowest BCUT2D eigenvalue weighted by atomic mass is 10.1. The number of hydrogen-bond donors (Lipinski definition) is 3. The molecule has 0 aromatic rings. The Labute approximate surface area is 67.4 Å². The van der Waals surface area contributed by atoms with Crippen molar-refractivity contribution >= 4 is 12.3 Å². The van der Waals surface area contributed by atoms with Gasteiger partial charge in [0.15, 0.2) is 12.4 Å². The van der Waals surface area contributed by atoms with Gasteiger partial charge in [-0.3, -0.25) is 0 Å². The molecule has 6 heteroatoms. The third kappa shape index (κ3) is 1.31. The van der Waals surface area contributed by atoms with Crippen LogP contribution in [0.25, 0.3) is 0 Å². The van der Waals surface area contributed by atoms with E-state index in [9.17, 15) is 9.59 Å². The van der Waals surface area contributed by atoms with Gasteiger partial charge in [-0.25, -0.2) is 4.79 Å². The molecular formula is C6H8O6. The lowest BCUT2D eigenvalue weighted by molar-refractivity contribution is -0.153. The fourth-order valence-corrected chi connectivity index (χ4v) is 1.02. The van der Waals surface area contributed by atoms with Crippen LogP contribution in [0.5, 0.6) is 0 Å². The Morgan fingerprint density at radius 3 is 2.17 bits per heavy atom. The molecular weight excluding hydrogens is 168 g/mol. The van der Waals surface area contributed by atoms with Crippen LogP contribution in [0.4, 0.5) is 0 Å². The molecule has 0 unspecified atom stereocenters. The lowest BCUT2D eigenvalue weighted by Crippen LogP contribution is -2.36. The smallest absolute Gasteiger partial charge is 0.335 e. The van der Waals surface area contributed by atoms with E-state index in [0.717, 1.165) is 0 Å². The molecule has 0 saturated carbocycles. The Morgan fingerprint density at radius 1 is 1.33 bits per heavy atom. The van der Waals surface area contributed by atoms with Crippen molar-refractivity contribution in [1.29, 1.82) is 0 Å². The van der Waals surface area contributed by atoms with Gasteiger partial charge in [0.2, 0.25) is 0 Å². The molecule has 1 aliphatic heterocycles. The van der Waals surface area contributed by atoms with Crippen LogP contribution in [0, 0.1) is 0 Å². The predicted octanol–water partition coefficient (Wildman–Crippen LogP) is -2.24. The highest BCUT2D eigenvalue weighted by Crippen LogP contribution is 2.19. The minimum atomic E-state index is -1.54. The van der Waals surface area contributed by atoms with E-state index in [1.165, 1.54) is 0 Å². The van der Waals surface area contributed by atoms with E-state index >= 15 is 0 Å². The van der Waals surface area contributed by atoms with Gasteiger partial charge in [-0.15, -0.1) is 0 Å². The SMILES string of the molecule is O=C[C@@H]1O[C@@H](C(=O)O)[C@@H](O)[C@@H]1O. The number of carbonyl (C=O) groups excluding carboxylic acids is 1. The third-order valence-corrected chi connectivity index (χ3v) is 1.68. The second-order valence-electron chi connectivity index (χ2n) is 2.48. The number of aliphatic carboxylic acids is 1. The Kier molecular flexibility index (Phi) is 2.41. The standard InChI is InChI=1S/C6H8O6/c7-1-2-3(8)4(9)5(12-2)6(10)11/h1-5,8-9H,(H,10,11)/t2-,3+,4-,5+/m0/s1. The van der Waals surface area contributed by atoms with Gasteiger partial charge in [-0.05, 0) is 0 Å². The fourth-order valence-electron chi connectivity index (χ4n) is 1.02. The van der Waals surface area contributed by atoms with Crippen molar-refractivity contribution in [3.8, 4) is 0 Å². The molecule has 4 atom stereocenters. The minimum Gasteiger partial charge on any atom is -0.479 e. The Balaban J connectivity index is 2.73. The molecule has 1 fully saturated rings. The normalized spacial score (nSPS) is 41.2. The van der Waals surface area contributed by atoms with Gasteiger partial charge in [0.05, 0.1) is 0 Å². The van der Waals surface area contributed by atoms with E-state index in [0.29, 0.717) is 0 Å². The van der Waals surface area contributed by atoms with Crippen molar-refractivity contribution in [1.82, 2.24) is 0 Å². The number of hydrogen-bond acceptors (Lipinski definition) is 5. The van der Waals surface area contributed by atoms with Gasteiger partial charge in [0, 0.05) is 0 Å². The summed E-state index contributed by atoms with van der Waals surface area (Å²) in [7, 11) is 0. The summed E-state index contributed by atoms with van der Waals surface area (Å²) < 4.78 is 4.53. The fraction of sp³-hybridized carbons (Fsp3) is 0.667. The average molecular weight is 176 g/mol. The van der Waals surface area contributed by atoms with E-state index in [4.69, 9.17) is 15.3 Å². The second kappa shape index (κ2) is 3.18. The number of rotatable bonds is 2.